The van der Waals surface area contributed by atoms with Crippen LogP contribution in [-0.2, 0) is 6.61 Å². The average Bonchev–Trinajstić information content (AvgIpc) is 2.87. The van der Waals surface area contributed by atoms with Gasteiger partial charge < -0.3 is 4.74 Å². The molecule has 0 aromatic heterocycles. The van der Waals surface area contributed by atoms with Crippen molar-refractivity contribution in [2.45, 2.75) is 6.61 Å². The largest absolute Gasteiger partial charge is 0.489 e. The van der Waals surface area contributed by atoms with Crippen molar-refractivity contribution in [3.63, 3.8) is 0 Å². The molecule has 0 saturated carbocycles. The monoisotopic (exact) mass is 418 g/mol. The molecule has 0 heterocycles. The van der Waals surface area contributed by atoms with E-state index in [0.29, 0.717) is 17.9 Å². The third kappa shape index (κ3) is 5.64. The lowest BCUT2D eigenvalue weighted by atomic mass is 10.0. The Kier molecular flexibility index (Phi) is 6.96. The van der Waals surface area contributed by atoms with Crippen LogP contribution in [0.5, 0.6) is 5.75 Å². The molecule has 0 aliphatic heterocycles. The quantitative estimate of drug-likeness (QED) is 0.201. The first-order valence-corrected chi connectivity index (χ1v) is 10.3. The Morgan fingerprint density at radius 3 is 1.88 bits per heavy atom. The molecule has 0 radical (unpaired) electrons. The van der Waals surface area contributed by atoms with E-state index in [1.165, 1.54) is 0 Å². The van der Waals surface area contributed by atoms with Gasteiger partial charge in [0.15, 0.2) is 0 Å². The Hall–Kier alpha value is -4.31. The van der Waals surface area contributed by atoms with Crippen molar-refractivity contribution < 1.29 is 9.53 Å². The molecule has 0 unspecified atom stereocenters. The number of Topliss-reactive ketones (excluding diaryl/α,β-unsaturated/α-hetero) is 1. The van der Waals surface area contributed by atoms with Crippen LogP contribution < -0.4 is 4.74 Å². The first-order chi connectivity index (χ1) is 15.8. The Morgan fingerprint density at radius 2 is 1.25 bits per heavy atom. The Morgan fingerprint density at radius 1 is 0.688 bits per heavy atom. The summed E-state index contributed by atoms with van der Waals surface area (Å²) in [5.74, 6) is 0.609. The second-order valence-electron chi connectivity index (χ2n) is 7.10. The number of carbonyl (C=O) groups excluding carboxylic acids is 1. The summed E-state index contributed by atoms with van der Waals surface area (Å²) < 4.78 is 5.81. The van der Waals surface area contributed by atoms with Crippen LogP contribution in [0.3, 0.4) is 0 Å². The highest BCUT2D eigenvalue weighted by Gasteiger charge is 2.15. The maximum atomic E-state index is 13.0. The molecule has 0 amide bonds. The lowest BCUT2D eigenvalue weighted by Crippen LogP contribution is -2.15. The SMILES string of the molecule is O=C(/C(=N/N=C/c1ccc(OCc2ccccc2)cc1)c1ccccc1)c1ccccc1. The normalized spacial score (nSPS) is 11.4. The molecule has 0 aliphatic rings. The van der Waals surface area contributed by atoms with Gasteiger partial charge in [0.25, 0.3) is 0 Å². The third-order valence-electron chi connectivity index (χ3n) is 4.79. The van der Waals surface area contributed by atoms with Gasteiger partial charge in [0, 0.05) is 11.1 Å². The fourth-order valence-electron chi connectivity index (χ4n) is 3.10. The third-order valence-corrected chi connectivity index (χ3v) is 4.79. The van der Waals surface area contributed by atoms with Crippen LogP contribution in [0.1, 0.15) is 27.0 Å². The second kappa shape index (κ2) is 10.6. The van der Waals surface area contributed by atoms with E-state index in [-0.39, 0.29) is 5.78 Å². The summed E-state index contributed by atoms with van der Waals surface area (Å²) in [6.07, 6.45) is 1.63. The van der Waals surface area contributed by atoms with E-state index < -0.39 is 0 Å². The van der Waals surface area contributed by atoms with Gasteiger partial charge in [0.2, 0.25) is 5.78 Å². The number of nitrogens with zero attached hydrogens (tertiary/aromatic N) is 2. The molecule has 156 valence electrons. The lowest BCUT2D eigenvalue weighted by molar-refractivity contribution is 0.106. The Balaban J connectivity index is 1.48. The van der Waals surface area contributed by atoms with Crippen LogP contribution >= 0.6 is 0 Å². The number of benzene rings is 4. The zero-order valence-electron chi connectivity index (χ0n) is 17.5. The Bertz CT molecular complexity index is 1200. The molecule has 4 rings (SSSR count). The summed E-state index contributed by atoms with van der Waals surface area (Å²) in [6, 6.07) is 36.1. The molecule has 0 fully saturated rings. The lowest BCUT2D eigenvalue weighted by Gasteiger charge is -2.06. The number of hydrogen-bond donors (Lipinski definition) is 0. The minimum absolute atomic E-state index is 0.168. The first kappa shape index (κ1) is 20.9. The van der Waals surface area contributed by atoms with E-state index >= 15 is 0 Å². The molecule has 0 aliphatic carbocycles. The average molecular weight is 418 g/mol. The summed E-state index contributed by atoms with van der Waals surface area (Å²) in [7, 11) is 0. The van der Waals surface area contributed by atoms with E-state index in [0.717, 1.165) is 22.4 Å². The van der Waals surface area contributed by atoms with E-state index in [4.69, 9.17) is 4.74 Å². The van der Waals surface area contributed by atoms with Gasteiger partial charge in [-0.2, -0.15) is 5.10 Å². The van der Waals surface area contributed by atoms with Crippen LogP contribution in [0.15, 0.2) is 125 Å². The Labute approximate surface area is 187 Å². The van der Waals surface area contributed by atoms with Gasteiger partial charge in [-0.05, 0) is 35.4 Å². The highest BCUT2D eigenvalue weighted by atomic mass is 16.5. The maximum Gasteiger partial charge on any atom is 0.213 e. The summed E-state index contributed by atoms with van der Waals surface area (Å²) >= 11 is 0. The fourth-order valence-corrected chi connectivity index (χ4v) is 3.10. The summed E-state index contributed by atoms with van der Waals surface area (Å²) in [5, 5.41) is 8.46. The summed E-state index contributed by atoms with van der Waals surface area (Å²) in [5.41, 5.74) is 3.58. The van der Waals surface area contributed by atoms with Crippen molar-refractivity contribution in [3.8, 4) is 5.75 Å². The molecule has 32 heavy (non-hydrogen) atoms. The minimum Gasteiger partial charge on any atom is -0.489 e. The topological polar surface area (TPSA) is 51.0 Å². The fraction of sp³-hybridized carbons (Fsp3) is 0.0357. The smallest absolute Gasteiger partial charge is 0.213 e. The van der Waals surface area contributed by atoms with Gasteiger partial charge in [-0.1, -0.05) is 91.0 Å². The molecule has 4 nitrogen and oxygen atoms in total. The van der Waals surface area contributed by atoms with Crippen LogP contribution in [0, 0.1) is 0 Å². The summed E-state index contributed by atoms with van der Waals surface area (Å²) in [6.45, 7) is 0.514. The van der Waals surface area contributed by atoms with Crippen molar-refractivity contribution in [1.82, 2.24) is 0 Å². The van der Waals surface area contributed by atoms with Crippen molar-refractivity contribution >= 4 is 17.7 Å². The number of rotatable bonds is 8. The highest BCUT2D eigenvalue weighted by molar-refractivity contribution is 6.51. The highest BCUT2D eigenvalue weighted by Crippen LogP contribution is 2.14. The van der Waals surface area contributed by atoms with Crippen molar-refractivity contribution in [3.05, 3.63) is 138 Å². The van der Waals surface area contributed by atoms with Gasteiger partial charge in [0.05, 0.1) is 6.21 Å². The molecule has 0 bridgehead atoms. The number of hydrogen-bond acceptors (Lipinski definition) is 4. The molecule has 4 aromatic carbocycles. The van der Waals surface area contributed by atoms with Gasteiger partial charge in [-0.3, -0.25) is 4.79 Å². The second-order valence-corrected chi connectivity index (χ2v) is 7.10. The van der Waals surface area contributed by atoms with Gasteiger partial charge in [-0.25, -0.2) is 0 Å². The number of ether oxygens (including phenoxy) is 1. The van der Waals surface area contributed by atoms with E-state index in [1.807, 2.05) is 103 Å². The standard InChI is InChI=1S/C28H22N2O2/c31-28(25-14-8-3-9-15-25)27(24-12-6-2-7-13-24)30-29-20-22-16-18-26(19-17-22)32-21-23-10-4-1-5-11-23/h1-20H,21H2/b29-20+,30-27+. The molecular weight excluding hydrogens is 396 g/mol. The predicted molar refractivity (Wildman–Crippen MR) is 129 cm³/mol. The van der Waals surface area contributed by atoms with Crippen LogP contribution in [-0.4, -0.2) is 17.7 Å². The molecule has 0 saturated heterocycles. The van der Waals surface area contributed by atoms with E-state index in [1.54, 1.807) is 18.3 Å². The minimum atomic E-state index is -0.168. The van der Waals surface area contributed by atoms with Crippen LogP contribution in [0.4, 0.5) is 0 Å². The van der Waals surface area contributed by atoms with Gasteiger partial charge in [-0.15, -0.1) is 5.10 Å². The number of carbonyl (C=O) groups is 1. The zero-order chi connectivity index (χ0) is 22.0. The molecule has 4 aromatic rings. The first-order valence-electron chi connectivity index (χ1n) is 10.3. The predicted octanol–water partition coefficient (Wildman–Crippen LogP) is 5.97. The summed E-state index contributed by atoms with van der Waals surface area (Å²) in [4.78, 5) is 13.0. The van der Waals surface area contributed by atoms with E-state index in [2.05, 4.69) is 10.2 Å². The molecule has 4 heteroatoms. The van der Waals surface area contributed by atoms with Crippen LogP contribution in [0.25, 0.3) is 0 Å². The van der Waals surface area contributed by atoms with Crippen molar-refractivity contribution in [2.24, 2.45) is 10.2 Å². The van der Waals surface area contributed by atoms with Crippen LogP contribution in [0.2, 0.25) is 0 Å². The molecule has 0 spiro atoms. The number of ketones is 1. The van der Waals surface area contributed by atoms with Crippen molar-refractivity contribution in [2.75, 3.05) is 0 Å². The molecule has 0 atom stereocenters. The zero-order valence-corrected chi connectivity index (χ0v) is 17.5. The van der Waals surface area contributed by atoms with E-state index in [9.17, 15) is 4.79 Å². The van der Waals surface area contributed by atoms with Crippen molar-refractivity contribution in [1.29, 1.82) is 0 Å². The maximum absolute atomic E-state index is 13.0. The van der Waals surface area contributed by atoms with Gasteiger partial charge >= 0.3 is 0 Å². The molecule has 0 N–H and O–H groups in total. The van der Waals surface area contributed by atoms with Gasteiger partial charge in [0.1, 0.15) is 18.1 Å². The molecular formula is C28H22N2O2.